The summed E-state index contributed by atoms with van der Waals surface area (Å²) in [6.45, 7) is 0.619. The lowest BCUT2D eigenvalue weighted by molar-refractivity contribution is 0.602. The average Bonchev–Trinajstić information content (AvgIpc) is 3.07. The van der Waals surface area contributed by atoms with Gasteiger partial charge in [0.2, 0.25) is 0 Å². The van der Waals surface area contributed by atoms with Crippen LogP contribution in [0.3, 0.4) is 0 Å². The molecule has 2 aromatic carbocycles. The number of hydrogen-bond donors (Lipinski definition) is 1. The normalized spacial score (nSPS) is 11.3. The van der Waals surface area contributed by atoms with Crippen LogP contribution in [0, 0.1) is 0 Å². The van der Waals surface area contributed by atoms with Crippen molar-refractivity contribution in [2.24, 2.45) is 0 Å². The van der Waals surface area contributed by atoms with Gasteiger partial charge in [-0.2, -0.15) is 5.10 Å². The molecular weight excluding hydrogens is 310 g/mol. The Bertz CT molecular complexity index is 886. The van der Waals surface area contributed by atoms with Crippen molar-refractivity contribution in [1.82, 2.24) is 9.78 Å². The number of rotatable bonds is 5. The van der Waals surface area contributed by atoms with Gasteiger partial charge in [0, 0.05) is 30.9 Å². The lowest BCUT2D eigenvalue weighted by atomic mass is 10.1. The third-order valence-electron chi connectivity index (χ3n) is 3.51. The van der Waals surface area contributed by atoms with Crippen LogP contribution in [0.4, 0.5) is 5.69 Å². The number of sulfone groups is 1. The van der Waals surface area contributed by atoms with Crippen molar-refractivity contribution >= 4 is 15.5 Å². The second kappa shape index (κ2) is 6.26. The summed E-state index contributed by atoms with van der Waals surface area (Å²) in [5, 5.41) is 7.57. The second-order valence-electron chi connectivity index (χ2n) is 5.23. The first-order chi connectivity index (χ1) is 11.0. The Morgan fingerprint density at radius 2 is 1.78 bits per heavy atom. The highest BCUT2D eigenvalue weighted by atomic mass is 32.2. The van der Waals surface area contributed by atoms with Crippen LogP contribution in [-0.2, 0) is 16.4 Å². The molecule has 3 aromatic rings. The minimum atomic E-state index is -3.16. The molecule has 0 amide bonds. The van der Waals surface area contributed by atoms with Crippen molar-refractivity contribution in [3.63, 3.8) is 0 Å². The quantitative estimate of drug-likeness (QED) is 0.782. The van der Waals surface area contributed by atoms with Gasteiger partial charge in [-0.25, -0.2) is 13.1 Å². The fraction of sp³-hybridized carbons (Fsp3) is 0.118. The third kappa shape index (κ3) is 3.60. The average molecular weight is 327 g/mol. The molecule has 0 saturated heterocycles. The number of nitrogens with zero attached hydrogens (tertiary/aromatic N) is 2. The molecule has 0 aliphatic carbocycles. The van der Waals surface area contributed by atoms with Crippen LogP contribution in [0.25, 0.3) is 5.69 Å². The zero-order valence-corrected chi connectivity index (χ0v) is 13.5. The molecule has 0 radical (unpaired) electrons. The van der Waals surface area contributed by atoms with Gasteiger partial charge in [-0.05, 0) is 42.0 Å². The molecule has 0 spiro atoms. The predicted molar refractivity (Wildman–Crippen MR) is 90.4 cm³/mol. The number of nitrogens with one attached hydrogen (secondary N) is 1. The van der Waals surface area contributed by atoms with Crippen LogP contribution >= 0.6 is 0 Å². The molecule has 1 N–H and O–H groups in total. The fourth-order valence-corrected chi connectivity index (χ4v) is 2.94. The van der Waals surface area contributed by atoms with E-state index in [4.69, 9.17) is 0 Å². The Labute approximate surface area is 135 Å². The highest BCUT2D eigenvalue weighted by Crippen LogP contribution is 2.17. The minimum Gasteiger partial charge on any atom is -0.381 e. The molecule has 0 bridgehead atoms. The van der Waals surface area contributed by atoms with Crippen LogP contribution in [0.1, 0.15) is 5.56 Å². The van der Waals surface area contributed by atoms with E-state index in [0.29, 0.717) is 11.4 Å². The van der Waals surface area contributed by atoms with E-state index in [1.54, 1.807) is 30.5 Å². The van der Waals surface area contributed by atoms with E-state index in [0.717, 1.165) is 16.9 Å². The monoisotopic (exact) mass is 327 g/mol. The molecule has 0 unspecified atom stereocenters. The van der Waals surface area contributed by atoms with E-state index in [1.807, 2.05) is 41.2 Å². The van der Waals surface area contributed by atoms with Crippen molar-refractivity contribution in [1.29, 1.82) is 0 Å². The summed E-state index contributed by atoms with van der Waals surface area (Å²) >= 11 is 0. The zero-order valence-electron chi connectivity index (χ0n) is 12.7. The number of aromatic nitrogens is 2. The highest BCUT2D eigenvalue weighted by molar-refractivity contribution is 7.90. The van der Waals surface area contributed by atoms with Gasteiger partial charge >= 0.3 is 0 Å². The maximum Gasteiger partial charge on any atom is 0.175 e. The van der Waals surface area contributed by atoms with Crippen LogP contribution in [0.2, 0.25) is 0 Å². The summed E-state index contributed by atoms with van der Waals surface area (Å²) in [6, 6.07) is 16.6. The lowest BCUT2D eigenvalue weighted by Gasteiger charge is -2.12. The van der Waals surface area contributed by atoms with Crippen molar-refractivity contribution in [3.8, 4) is 5.69 Å². The van der Waals surface area contributed by atoms with Crippen molar-refractivity contribution in [3.05, 3.63) is 72.6 Å². The second-order valence-corrected chi connectivity index (χ2v) is 7.25. The van der Waals surface area contributed by atoms with E-state index < -0.39 is 9.84 Å². The van der Waals surface area contributed by atoms with E-state index in [2.05, 4.69) is 10.4 Å². The maximum atomic E-state index is 11.5. The van der Waals surface area contributed by atoms with Crippen LogP contribution in [-0.4, -0.2) is 24.5 Å². The molecule has 0 aliphatic heterocycles. The minimum absolute atomic E-state index is 0.319. The van der Waals surface area contributed by atoms with Crippen molar-refractivity contribution in [2.45, 2.75) is 11.4 Å². The molecule has 3 rings (SSSR count). The van der Waals surface area contributed by atoms with E-state index in [-0.39, 0.29) is 0 Å². The maximum absolute atomic E-state index is 11.5. The van der Waals surface area contributed by atoms with Gasteiger partial charge < -0.3 is 5.32 Å². The molecule has 5 nitrogen and oxygen atoms in total. The summed E-state index contributed by atoms with van der Waals surface area (Å²) in [4.78, 5) is 0.319. The number of benzene rings is 2. The molecule has 1 heterocycles. The van der Waals surface area contributed by atoms with Crippen molar-refractivity contribution < 1.29 is 8.42 Å². The Balaban J connectivity index is 1.77. The summed E-state index contributed by atoms with van der Waals surface area (Å²) in [5.74, 6) is 0. The summed E-state index contributed by atoms with van der Waals surface area (Å²) in [6.07, 6.45) is 4.85. The Morgan fingerprint density at radius 3 is 2.43 bits per heavy atom. The molecule has 0 atom stereocenters. The SMILES string of the molecule is CS(=O)(=O)c1ccc(NCc2ccccc2-n2cccn2)cc1. The molecule has 0 saturated carbocycles. The number of para-hydroxylation sites is 1. The smallest absolute Gasteiger partial charge is 0.175 e. The van der Waals surface area contributed by atoms with Gasteiger partial charge in [0.1, 0.15) is 0 Å². The Kier molecular flexibility index (Phi) is 4.16. The van der Waals surface area contributed by atoms with Crippen LogP contribution < -0.4 is 5.32 Å². The Morgan fingerprint density at radius 1 is 1.04 bits per heavy atom. The summed E-state index contributed by atoms with van der Waals surface area (Å²) in [5.41, 5.74) is 2.98. The van der Waals surface area contributed by atoms with Gasteiger partial charge in [-0.1, -0.05) is 18.2 Å². The van der Waals surface area contributed by atoms with Gasteiger partial charge in [-0.15, -0.1) is 0 Å². The molecule has 0 aliphatic rings. The fourth-order valence-electron chi connectivity index (χ4n) is 2.31. The highest BCUT2D eigenvalue weighted by Gasteiger charge is 2.07. The topological polar surface area (TPSA) is 64.0 Å². The summed E-state index contributed by atoms with van der Waals surface area (Å²) in [7, 11) is -3.16. The third-order valence-corrected chi connectivity index (χ3v) is 4.64. The predicted octanol–water partition coefficient (Wildman–Crippen LogP) is 2.89. The van der Waals surface area contributed by atoms with Gasteiger partial charge in [-0.3, -0.25) is 0 Å². The zero-order chi connectivity index (χ0) is 16.3. The molecule has 118 valence electrons. The molecular formula is C17H17N3O2S. The van der Waals surface area contributed by atoms with Crippen LogP contribution in [0.15, 0.2) is 71.9 Å². The van der Waals surface area contributed by atoms with Crippen molar-refractivity contribution in [2.75, 3.05) is 11.6 Å². The first-order valence-electron chi connectivity index (χ1n) is 7.16. The summed E-state index contributed by atoms with van der Waals surface area (Å²) < 4.78 is 24.8. The van der Waals surface area contributed by atoms with Gasteiger partial charge in [0.25, 0.3) is 0 Å². The number of anilines is 1. The molecule has 23 heavy (non-hydrogen) atoms. The standard InChI is InChI=1S/C17H17N3O2S/c1-23(21,22)16-9-7-15(8-10-16)18-13-14-5-2-3-6-17(14)20-12-4-11-19-20/h2-12,18H,13H2,1H3. The molecule has 6 heteroatoms. The van der Waals surface area contributed by atoms with Gasteiger partial charge in [0.15, 0.2) is 9.84 Å². The first kappa shape index (κ1) is 15.3. The van der Waals surface area contributed by atoms with Crippen LogP contribution in [0.5, 0.6) is 0 Å². The molecule has 0 fully saturated rings. The van der Waals surface area contributed by atoms with E-state index in [1.165, 1.54) is 6.26 Å². The Hall–Kier alpha value is -2.60. The largest absolute Gasteiger partial charge is 0.381 e. The van der Waals surface area contributed by atoms with Gasteiger partial charge in [0.05, 0.1) is 10.6 Å². The number of hydrogen-bond acceptors (Lipinski definition) is 4. The van der Waals surface area contributed by atoms with E-state index in [9.17, 15) is 8.42 Å². The molecule has 1 aromatic heterocycles. The van der Waals surface area contributed by atoms with E-state index >= 15 is 0 Å². The first-order valence-corrected chi connectivity index (χ1v) is 9.05. The lowest BCUT2D eigenvalue weighted by Crippen LogP contribution is -2.05.